The predicted molar refractivity (Wildman–Crippen MR) is 65.3 cm³/mol. The Morgan fingerprint density at radius 2 is 1.67 bits per heavy atom. The molecular weight excluding hydrogens is 188 g/mol. The van der Waals surface area contributed by atoms with Gasteiger partial charge in [-0.05, 0) is 12.8 Å². The van der Waals surface area contributed by atoms with Gasteiger partial charge in [-0.15, -0.1) is 0 Å². The fourth-order valence-electron chi connectivity index (χ4n) is 1.60. The second-order valence-corrected chi connectivity index (χ2v) is 4.14. The van der Waals surface area contributed by atoms with E-state index in [-0.39, 0.29) is 0 Å². The first-order valence-corrected chi connectivity index (χ1v) is 6.45. The van der Waals surface area contributed by atoms with Crippen molar-refractivity contribution >= 4 is 0 Å². The first-order valence-electron chi connectivity index (χ1n) is 6.45. The molecule has 0 bridgehead atoms. The highest BCUT2D eigenvalue weighted by molar-refractivity contribution is 4.56. The van der Waals surface area contributed by atoms with Gasteiger partial charge in [0.15, 0.2) is 0 Å². The number of ether oxygens (including phenoxy) is 2. The van der Waals surface area contributed by atoms with E-state index in [0.29, 0.717) is 6.10 Å². The first kappa shape index (κ1) is 14.9. The summed E-state index contributed by atoms with van der Waals surface area (Å²) in [4.78, 5) is 0. The van der Waals surface area contributed by atoms with Crippen LogP contribution in [0, 0.1) is 0 Å². The van der Waals surface area contributed by atoms with E-state index >= 15 is 0 Å². The van der Waals surface area contributed by atoms with Gasteiger partial charge in [0.1, 0.15) is 0 Å². The van der Waals surface area contributed by atoms with Gasteiger partial charge in [0.05, 0.1) is 12.7 Å². The maximum atomic E-state index is 5.49. The molecule has 0 fully saturated rings. The van der Waals surface area contributed by atoms with Crippen molar-refractivity contribution < 1.29 is 9.47 Å². The Labute approximate surface area is 95.3 Å². The lowest BCUT2D eigenvalue weighted by atomic mass is 10.1. The molecule has 0 radical (unpaired) electrons. The van der Waals surface area contributed by atoms with Crippen LogP contribution in [0.2, 0.25) is 0 Å². The van der Waals surface area contributed by atoms with Crippen LogP contribution in [0.5, 0.6) is 0 Å². The fraction of sp³-hybridized carbons (Fsp3) is 1.00. The minimum atomic E-state index is 0.304. The summed E-state index contributed by atoms with van der Waals surface area (Å²) in [6.45, 7) is 6.00. The molecule has 92 valence electrons. The molecule has 0 rings (SSSR count). The topological polar surface area (TPSA) is 18.5 Å². The van der Waals surface area contributed by atoms with Crippen LogP contribution in [-0.4, -0.2) is 26.4 Å². The van der Waals surface area contributed by atoms with Crippen molar-refractivity contribution in [2.75, 3.05) is 20.3 Å². The second-order valence-electron chi connectivity index (χ2n) is 4.14. The summed E-state index contributed by atoms with van der Waals surface area (Å²) in [5.74, 6) is 0. The van der Waals surface area contributed by atoms with Crippen LogP contribution >= 0.6 is 0 Å². The number of hydrogen-bond acceptors (Lipinski definition) is 2. The normalized spacial score (nSPS) is 13.0. The van der Waals surface area contributed by atoms with E-state index in [9.17, 15) is 0 Å². The molecule has 2 heteroatoms. The smallest absolute Gasteiger partial charge is 0.0804 e. The summed E-state index contributed by atoms with van der Waals surface area (Å²) < 4.78 is 10.9. The molecule has 0 aliphatic rings. The summed E-state index contributed by atoms with van der Waals surface area (Å²) >= 11 is 0. The van der Waals surface area contributed by atoms with Gasteiger partial charge in [-0.25, -0.2) is 0 Å². The lowest BCUT2D eigenvalue weighted by Gasteiger charge is -2.15. The highest BCUT2D eigenvalue weighted by Gasteiger charge is 2.06. The monoisotopic (exact) mass is 216 g/mol. The van der Waals surface area contributed by atoms with Crippen molar-refractivity contribution in [2.24, 2.45) is 0 Å². The molecule has 0 aromatic heterocycles. The second kappa shape index (κ2) is 12.0. The maximum absolute atomic E-state index is 5.49. The van der Waals surface area contributed by atoms with Gasteiger partial charge < -0.3 is 9.47 Å². The van der Waals surface area contributed by atoms with E-state index in [1.54, 1.807) is 7.11 Å². The van der Waals surface area contributed by atoms with Gasteiger partial charge in [-0.2, -0.15) is 0 Å². The van der Waals surface area contributed by atoms with Crippen molar-refractivity contribution in [1.29, 1.82) is 0 Å². The van der Waals surface area contributed by atoms with Crippen LogP contribution in [0.15, 0.2) is 0 Å². The van der Waals surface area contributed by atoms with Gasteiger partial charge in [-0.3, -0.25) is 0 Å². The molecule has 0 saturated carbocycles. The van der Waals surface area contributed by atoms with Gasteiger partial charge in [0.25, 0.3) is 0 Å². The molecular formula is C13H28O2. The van der Waals surface area contributed by atoms with Crippen LogP contribution in [-0.2, 0) is 9.47 Å². The van der Waals surface area contributed by atoms with Crippen LogP contribution in [0.1, 0.15) is 58.8 Å². The zero-order chi connectivity index (χ0) is 11.4. The third-order valence-corrected chi connectivity index (χ3v) is 2.62. The highest BCUT2D eigenvalue weighted by Crippen LogP contribution is 2.09. The van der Waals surface area contributed by atoms with E-state index in [0.717, 1.165) is 26.1 Å². The highest BCUT2D eigenvalue weighted by atomic mass is 16.5. The Bertz CT molecular complexity index is 115. The molecule has 0 N–H and O–H groups in total. The van der Waals surface area contributed by atoms with Crippen molar-refractivity contribution in [3.63, 3.8) is 0 Å². The third-order valence-electron chi connectivity index (χ3n) is 2.62. The molecule has 0 saturated heterocycles. The summed E-state index contributed by atoms with van der Waals surface area (Å²) in [6.07, 6.45) is 9.19. The summed E-state index contributed by atoms with van der Waals surface area (Å²) in [7, 11) is 1.78. The molecule has 0 heterocycles. The van der Waals surface area contributed by atoms with Crippen LogP contribution in [0.4, 0.5) is 0 Å². The molecule has 0 aliphatic carbocycles. The minimum Gasteiger partial charge on any atom is -0.379 e. The average Bonchev–Trinajstić information content (AvgIpc) is 2.26. The molecule has 0 aromatic rings. The molecule has 1 unspecified atom stereocenters. The number of hydrogen-bond donors (Lipinski definition) is 0. The van der Waals surface area contributed by atoms with Crippen LogP contribution in [0.3, 0.4) is 0 Å². The first-order chi connectivity index (χ1) is 7.35. The lowest BCUT2D eigenvalue weighted by Crippen LogP contribution is -2.18. The van der Waals surface area contributed by atoms with E-state index in [4.69, 9.17) is 9.47 Å². The van der Waals surface area contributed by atoms with Crippen molar-refractivity contribution in [1.82, 2.24) is 0 Å². The number of methoxy groups -OCH3 is 1. The van der Waals surface area contributed by atoms with Crippen molar-refractivity contribution in [3.05, 3.63) is 0 Å². The van der Waals surface area contributed by atoms with Gasteiger partial charge in [0.2, 0.25) is 0 Å². The minimum absolute atomic E-state index is 0.304. The van der Waals surface area contributed by atoms with Gasteiger partial charge in [0, 0.05) is 13.7 Å². The standard InChI is InChI=1S/C13H28O2/c1-4-6-7-8-9-10-13(14-3)12-15-11-5-2/h13H,4-12H2,1-3H3. The molecule has 0 spiro atoms. The zero-order valence-corrected chi connectivity index (χ0v) is 10.8. The van der Waals surface area contributed by atoms with E-state index < -0.39 is 0 Å². The average molecular weight is 216 g/mol. The summed E-state index contributed by atoms with van der Waals surface area (Å²) in [5, 5.41) is 0. The molecule has 0 aromatic carbocycles. The molecule has 0 amide bonds. The largest absolute Gasteiger partial charge is 0.379 e. The third kappa shape index (κ3) is 10.2. The van der Waals surface area contributed by atoms with Crippen molar-refractivity contribution in [2.45, 2.75) is 64.9 Å². The van der Waals surface area contributed by atoms with Crippen LogP contribution in [0.25, 0.3) is 0 Å². The Kier molecular flexibility index (Phi) is 11.9. The Balaban J connectivity index is 3.28. The predicted octanol–water partition coefficient (Wildman–Crippen LogP) is 3.79. The van der Waals surface area contributed by atoms with Crippen molar-refractivity contribution in [3.8, 4) is 0 Å². The summed E-state index contributed by atoms with van der Waals surface area (Å²) in [5.41, 5.74) is 0. The maximum Gasteiger partial charge on any atom is 0.0804 e. The molecule has 15 heavy (non-hydrogen) atoms. The van der Waals surface area contributed by atoms with Gasteiger partial charge >= 0.3 is 0 Å². The molecule has 0 aliphatic heterocycles. The zero-order valence-electron chi connectivity index (χ0n) is 10.8. The van der Waals surface area contributed by atoms with E-state index in [1.807, 2.05) is 0 Å². The van der Waals surface area contributed by atoms with E-state index in [1.165, 1.54) is 32.1 Å². The SMILES string of the molecule is CCCCCCCC(COCCC)OC. The summed E-state index contributed by atoms with van der Waals surface area (Å²) in [6, 6.07) is 0. The Morgan fingerprint density at radius 1 is 0.933 bits per heavy atom. The quantitative estimate of drug-likeness (QED) is 0.489. The lowest BCUT2D eigenvalue weighted by molar-refractivity contribution is 0.00341. The Morgan fingerprint density at radius 3 is 2.27 bits per heavy atom. The fourth-order valence-corrected chi connectivity index (χ4v) is 1.60. The number of rotatable bonds is 11. The number of unbranched alkanes of at least 4 members (excludes halogenated alkanes) is 4. The van der Waals surface area contributed by atoms with Gasteiger partial charge in [-0.1, -0.05) is 46.0 Å². The molecule has 1 atom stereocenters. The molecule has 2 nitrogen and oxygen atoms in total. The van der Waals surface area contributed by atoms with E-state index in [2.05, 4.69) is 13.8 Å². The Hall–Kier alpha value is -0.0800. The van der Waals surface area contributed by atoms with Crippen LogP contribution < -0.4 is 0 Å².